The number of nitrogens with two attached hydrogens (primary N) is 1. The minimum atomic E-state index is -0.122. The summed E-state index contributed by atoms with van der Waals surface area (Å²) < 4.78 is 13.8. The summed E-state index contributed by atoms with van der Waals surface area (Å²) in [6.45, 7) is 1.88. The molecule has 94 valence electrons. The third-order valence-electron chi connectivity index (χ3n) is 3.43. The van der Waals surface area contributed by atoms with Crippen molar-refractivity contribution in [1.29, 1.82) is 0 Å². The molecule has 1 fully saturated rings. The van der Waals surface area contributed by atoms with E-state index in [-0.39, 0.29) is 11.9 Å². The molecule has 2 N–H and O–H groups in total. The molecule has 1 atom stereocenters. The third kappa shape index (κ3) is 3.46. The van der Waals surface area contributed by atoms with Gasteiger partial charge in [0.15, 0.2) is 0 Å². The Hall–Kier alpha value is -0.540. The highest BCUT2D eigenvalue weighted by atomic mass is 32.2. The zero-order valence-corrected chi connectivity index (χ0v) is 11.1. The molecule has 1 aromatic rings. The molecule has 2 rings (SSSR count). The molecule has 0 saturated heterocycles. The second kappa shape index (κ2) is 5.87. The quantitative estimate of drug-likeness (QED) is 0.817. The first-order valence-corrected chi connectivity index (χ1v) is 7.33. The van der Waals surface area contributed by atoms with Gasteiger partial charge >= 0.3 is 0 Å². The van der Waals surface area contributed by atoms with Crippen molar-refractivity contribution in [3.63, 3.8) is 0 Å². The van der Waals surface area contributed by atoms with Crippen molar-refractivity contribution >= 4 is 11.8 Å². The summed E-state index contributed by atoms with van der Waals surface area (Å²) in [6.07, 6.45) is 5.31. The van der Waals surface area contributed by atoms with Gasteiger partial charge in [-0.25, -0.2) is 4.39 Å². The lowest BCUT2D eigenvalue weighted by Crippen LogP contribution is -2.05. The highest BCUT2D eigenvalue weighted by Crippen LogP contribution is 2.32. The number of rotatable bonds is 4. The van der Waals surface area contributed by atoms with Gasteiger partial charge in [-0.05, 0) is 43.4 Å². The molecule has 0 amide bonds. The molecule has 0 spiro atoms. The predicted octanol–water partition coefficient (Wildman–Crippen LogP) is 4.13. The number of thioether (sulfide) groups is 1. The summed E-state index contributed by atoms with van der Waals surface area (Å²) >= 11 is 1.65. The Balaban J connectivity index is 1.96. The third-order valence-corrected chi connectivity index (χ3v) is 4.71. The van der Waals surface area contributed by atoms with Crippen LogP contribution in [-0.2, 0) is 0 Å². The van der Waals surface area contributed by atoms with Crippen molar-refractivity contribution in [2.45, 2.75) is 43.5 Å². The van der Waals surface area contributed by atoms with Gasteiger partial charge in [-0.2, -0.15) is 0 Å². The van der Waals surface area contributed by atoms with Gasteiger partial charge < -0.3 is 5.73 Å². The Bertz CT molecular complexity index is 372. The van der Waals surface area contributed by atoms with Gasteiger partial charge in [0.1, 0.15) is 5.82 Å². The van der Waals surface area contributed by atoms with Crippen molar-refractivity contribution < 1.29 is 4.39 Å². The Morgan fingerprint density at radius 1 is 1.41 bits per heavy atom. The summed E-state index contributed by atoms with van der Waals surface area (Å²) in [6, 6.07) is 5.28. The van der Waals surface area contributed by atoms with Crippen LogP contribution in [0.2, 0.25) is 0 Å². The van der Waals surface area contributed by atoms with E-state index < -0.39 is 0 Å². The van der Waals surface area contributed by atoms with Crippen LogP contribution in [0.15, 0.2) is 23.1 Å². The van der Waals surface area contributed by atoms with Crippen molar-refractivity contribution in [3.8, 4) is 0 Å². The van der Waals surface area contributed by atoms with Gasteiger partial charge in [0, 0.05) is 16.7 Å². The summed E-state index contributed by atoms with van der Waals surface area (Å²) in [5, 5.41) is 0. The Morgan fingerprint density at radius 2 is 2.12 bits per heavy atom. The number of halogens is 1. The van der Waals surface area contributed by atoms with Crippen LogP contribution in [0.4, 0.5) is 4.39 Å². The van der Waals surface area contributed by atoms with Gasteiger partial charge in [0.25, 0.3) is 0 Å². The molecule has 0 bridgehead atoms. The predicted molar refractivity (Wildman–Crippen MR) is 71.7 cm³/mol. The smallest absolute Gasteiger partial charge is 0.137 e. The largest absolute Gasteiger partial charge is 0.324 e. The van der Waals surface area contributed by atoms with Crippen LogP contribution in [0.5, 0.6) is 0 Å². The first-order chi connectivity index (χ1) is 8.16. The minimum absolute atomic E-state index is 0.0987. The van der Waals surface area contributed by atoms with E-state index >= 15 is 0 Å². The first kappa shape index (κ1) is 12.9. The fraction of sp³-hybridized carbons (Fsp3) is 0.571. The van der Waals surface area contributed by atoms with Gasteiger partial charge in [0.2, 0.25) is 0 Å². The van der Waals surface area contributed by atoms with Crippen molar-refractivity contribution in [1.82, 2.24) is 0 Å². The van der Waals surface area contributed by atoms with E-state index in [4.69, 9.17) is 5.73 Å². The molecule has 1 aliphatic carbocycles. The summed E-state index contributed by atoms with van der Waals surface area (Å²) in [5.74, 6) is 1.71. The normalized spacial score (nSPS) is 18.5. The Morgan fingerprint density at radius 3 is 2.71 bits per heavy atom. The highest BCUT2D eigenvalue weighted by molar-refractivity contribution is 7.99. The van der Waals surface area contributed by atoms with E-state index in [9.17, 15) is 4.39 Å². The zero-order valence-electron chi connectivity index (χ0n) is 10.3. The van der Waals surface area contributed by atoms with E-state index in [1.165, 1.54) is 25.7 Å². The SMILES string of the molecule is CC(N)c1ccc(SCC2CCCC2)c(F)c1. The molecule has 1 aliphatic rings. The topological polar surface area (TPSA) is 26.0 Å². The molecule has 0 radical (unpaired) electrons. The van der Waals surface area contributed by atoms with Crippen LogP contribution in [0.3, 0.4) is 0 Å². The molecule has 0 aliphatic heterocycles. The van der Waals surface area contributed by atoms with Crippen LogP contribution >= 0.6 is 11.8 Å². The standard InChI is InChI=1S/C14H20FNS/c1-10(16)12-6-7-14(13(15)8-12)17-9-11-4-2-3-5-11/h6-8,10-11H,2-5,9,16H2,1H3. The first-order valence-electron chi connectivity index (χ1n) is 6.34. The summed E-state index contributed by atoms with van der Waals surface area (Å²) in [4.78, 5) is 0.765. The summed E-state index contributed by atoms with van der Waals surface area (Å²) in [5.41, 5.74) is 6.60. The molecule has 1 saturated carbocycles. The number of hydrogen-bond donors (Lipinski definition) is 1. The minimum Gasteiger partial charge on any atom is -0.324 e. The van der Waals surface area contributed by atoms with Crippen molar-refractivity contribution in [2.75, 3.05) is 5.75 Å². The molecular formula is C14H20FNS. The van der Waals surface area contributed by atoms with E-state index in [1.54, 1.807) is 17.8 Å². The van der Waals surface area contributed by atoms with E-state index in [0.29, 0.717) is 0 Å². The lowest BCUT2D eigenvalue weighted by atomic mass is 10.1. The van der Waals surface area contributed by atoms with Crippen LogP contribution < -0.4 is 5.73 Å². The van der Waals surface area contributed by atoms with Gasteiger partial charge in [0.05, 0.1) is 0 Å². The van der Waals surface area contributed by atoms with Gasteiger partial charge in [-0.15, -0.1) is 11.8 Å². The number of hydrogen-bond acceptors (Lipinski definition) is 2. The maximum atomic E-state index is 13.8. The summed E-state index contributed by atoms with van der Waals surface area (Å²) in [7, 11) is 0. The fourth-order valence-electron chi connectivity index (χ4n) is 2.30. The molecule has 1 nitrogen and oxygen atoms in total. The lowest BCUT2D eigenvalue weighted by molar-refractivity contribution is 0.593. The van der Waals surface area contributed by atoms with E-state index in [1.807, 2.05) is 19.1 Å². The van der Waals surface area contributed by atoms with Crippen molar-refractivity contribution in [2.24, 2.45) is 11.7 Å². The second-order valence-corrected chi connectivity index (χ2v) is 6.00. The van der Waals surface area contributed by atoms with E-state index in [2.05, 4.69) is 0 Å². The fourth-order valence-corrected chi connectivity index (χ4v) is 3.41. The average Bonchev–Trinajstić information content (AvgIpc) is 2.80. The van der Waals surface area contributed by atoms with E-state index in [0.717, 1.165) is 22.1 Å². The average molecular weight is 253 g/mol. The molecule has 0 aromatic heterocycles. The lowest BCUT2D eigenvalue weighted by Gasteiger charge is -2.11. The van der Waals surface area contributed by atoms with Crippen molar-refractivity contribution in [3.05, 3.63) is 29.6 Å². The van der Waals surface area contributed by atoms with Crippen LogP contribution in [-0.4, -0.2) is 5.75 Å². The molecule has 3 heteroatoms. The number of benzene rings is 1. The maximum Gasteiger partial charge on any atom is 0.137 e. The highest BCUT2D eigenvalue weighted by Gasteiger charge is 2.16. The second-order valence-electron chi connectivity index (χ2n) is 4.94. The molecule has 17 heavy (non-hydrogen) atoms. The Labute approximate surface area is 107 Å². The maximum absolute atomic E-state index is 13.8. The monoisotopic (exact) mass is 253 g/mol. The molecule has 1 unspecified atom stereocenters. The zero-order chi connectivity index (χ0) is 12.3. The molecule has 1 aromatic carbocycles. The van der Waals surface area contributed by atoms with Crippen LogP contribution in [0.25, 0.3) is 0 Å². The van der Waals surface area contributed by atoms with Crippen LogP contribution in [0, 0.1) is 11.7 Å². The molecule has 0 heterocycles. The molecular weight excluding hydrogens is 233 g/mol. The van der Waals surface area contributed by atoms with Gasteiger partial charge in [-0.1, -0.05) is 18.9 Å². The van der Waals surface area contributed by atoms with Gasteiger partial charge in [-0.3, -0.25) is 0 Å². The van der Waals surface area contributed by atoms with Crippen LogP contribution in [0.1, 0.15) is 44.2 Å². The Kier molecular flexibility index (Phi) is 4.46.